The Kier molecular flexibility index (Phi) is 4.91. The van der Waals surface area contributed by atoms with Gasteiger partial charge in [0.2, 0.25) is 5.91 Å². The summed E-state index contributed by atoms with van der Waals surface area (Å²) in [5.41, 5.74) is 0. The largest absolute Gasteiger partial charge is 0.368 e. The van der Waals surface area contributed by atoms with Crippen molar-refractivity contribution < 1.29 is 9.53 Å². The topological polar surface area (TPSA) is 53.6 Å². The number of fused-ring (bicyclic) bond motifs is 1. The maximum atomic E-state index is 12.0. The minimum atomic E-state index is 0.0703. The van der Waals surface area contributed by atoms with E-state index in [0.717, 1.165) is 38.9 Å². The Bertz CT molecular complexity index is 331. The number of carbonyl (C=O) groups excluding carboxylic acids is 1. The molecular formula is C15H27N3O2. The van der Waals surface area contributed by atoms with Crippen LogP contribution in [0.25, 0.3) is 0 Å². The van der Waals surface area contributed by atoms with E-state index < -0.39 is 0 Å². The molecule has 3 aliphatic heterocycles. The van der Waals surface area contributed by atoms with Crippen LogP contribution in [0.5, 0.6) is 0 Å². The number of amides is 1. The van der Waals surface area contributed by atoms with Crippen molar-refractivity contribution in [1.82, 2.24) is 15.5 Å². The van der Waals surface area contributed by atoms with Gasteiger partial charge < -0.3 is 15.4 Å². The highest BCUT2D eigenvalue weighted by Gasteiger charge is 2.36. The third-order valence-electron chi connectivity index (χ3n) is 4.94. The molecule has 3 saturated heterocycles. The monoisotopic (exact) mass is 281 g/mol. The van der Waals surface area contributed by atoms with Crippen LogP contribution in [-0.4, -0.2) is 61.8 Å². The Labute approximate surface area is 121 Å². The third kappa shape index (κ3) is 3.51. The molecule has 3 aliphatic rings. The van der Waals surface area contributed by atoms with E-state index in [9.17, 15) is 4.79 Å². The molecule has 0 spiro atoms. The third-order valence-corrected chi connectivity index (χ3v) is 4.94. The van der Waals surface area contributed by atoms with Crippen molar-refractivity contribution in [2.75, 3.05) is 32.8 Å². The fraction of sp³-hybridized carbons (Fsp3) is 0.933. The molecule has 1 amide bonds. The van der Waals surface area contributed by atoms with Crippen LogP contribution in [0.15, 0.2) is 0 Å². The van der Waals surface area contributed by atoms with Crippen LogP contribution < -0.4 is 10.6 Å². The normalized spacial score (nSPS) is 32.0. The molecule has 0 radical (unpaired) electrons. The van der Waals surface area contributed by atoms with Gasteiger partial charge in [-0.1, -0.05) is 6.42 Å². The number of nitrogens with one attached hydrogen (secondary N) is 2. The summed E-state index contributed by atoms with van der Waals surface area (Å²) >= 11 is 0. The van der Waals surface area contributed by atoms with Gasteiger partial charge >= 0.3 is 0 Å². The van der Waals surface area contributed by atoms with Crippen LogP contribution in [-0.2, 0) is 9.53 Å². The van der Waals surface area contributed by atoms with E-state index in [1.54, 1.807) is 0 Å². The molecule has 2 unspecified atom stereocenters. The summed E-state index contributed by atoms with van der Waals surface area (Å²) in [6.07, 6.45) is 7.26. The van der Waals surface area contributed by atoms with Gasteiger partial charge in [-0.2, -0.15) is 0 Å². The van der Waals surface area contributed by atoms with Crippen molar-refractivity contribution in [1.29, 1.82) is 0 Å². The van der Waals surface area contributed by atoms with Crippen molar-refractivity contribution in [3.63, 3.8) is 0 Å². The lowest BCUT2D eigenvalue weighted by Crippen LogP contribution is -2.48. The SMILES string of the molecule is O=C(COC1CCNCC1)NC1CCN2CCCCC12. The number of piperidine rings is 2. The summed E-state index contributed by atoms with van der Waals surface area (Å²) in [6.45, 7) is 4.60. The minimum Gasteiger partial charge on any atom is -0.368 e. The number of hydrogen-bond donors (Lipinski definition) is 2. The summed E-state index contributed by atoms with van der Waals surface area (Å²) in [6, 6.07) is 0.922. The summed E-state index contributed by atoms with van der Waals surface area (Å²) in [7, 11) is 0. The Hall–Kier alpha value is -0.650. The van der Waals surface area contributed by atoms with Gasteiger partial charge in [-0.05, 0) is 51.7 Å². The molecule has 0 bridgehead atoms. The van der Waals surface area contributed by atoms with E-state index >= 15 is 0 Å². The van der Waals surface area contributed by atoms with Crippen molar-refractivity contribution in [2.45, 2.75) is 56.7 Å². The fourth-order valence-corrected chi connectivity index (χ4v) is 3.82. The van der Waals surface area contributed by atoms with Gasteiger partial charge in [0, 0.05) is 18.6 Å². The Balaban J connectivity index is 1.40. The molecule has 5 nitrogen and oxygen atoms in total. The second-order valence-corrected chi connectivity index (χ2v) is 6.32. The average molecular weight is 281 g/mol. The molecule has 3 fully saturated rings. The van der Waals surface area contributed by atoms with Crippen LogP contribution in [0.3, 0.4) is 0 Å². The maximum absolute atomic E-state index is 12.0. The molecular weight excluding hydrogens is 254 g/mol. The first-order valence-electron chi connectivity index (χ1n) is 8.18. The van der Waals surface area contributed by atoms with E-state index in [1.165, 1.54) is 25.8 Å². The highest BCUT2D eigenvalue weighted by atomic mass is 16.5. The van der Waals surface area contributed by atoms with Gasteiger partial charge in [0.1, 0.15) is 6.61 Å². The van der Waals surface area contributed by atoms with Crippen LogP contribution in [0.2, 0.25) is 0 Å². The minimum absolute atomic E-state index is 0.0703. The molecule has 0 aliphatic carbocycles. The van der Waals surface area contributed by atoms with Gasteiger partial charge in [-0.3, -0.25) is 9.69 Å². The molecule has 0 aromatic carbocycles. The van der Waals surface area contributed by atoms with E-state index in [2.05, 4.69) is 15.5 Å². The van der Waals surface area contributed by atoms with Crippen LogP contribution in [0.4, 0.5) is 0 Å². The van der Waals surface area contributed by atoms with Gasteiger partial charge in [0.15, 0.2) is 0 Å². The predicted octanol–water partition coefficient (Wildman–Crippen LogP) is 0.498. The Morgan fingerprint density at radius 1 is 1.15 bits per heavy atom. The fourth-order valence-electron chi connectivity index (χ4n) is 3.82. The molecule has 114 valence electrons. The average Bonchev–Trinajstić information content (AvgIpc) is 2.90. The first-order chi connectivity index (χ1) is 9.83. The molecule has 0 saturated carbocycles. The zero-order valence-corrected chi connectivity index (χ0v) is 12.3. The predicted molar refractivity (Wildman–Crippen MR) is 77.6 cm³/mol. The van der Waals surface area contributed by atoms with Gasteiger partial charge in [0.05, 0.1) is 6.10 Å². The summed E-state index contributed by atoms with van der Waals surface area (Å²) in [4.78, 5) is 14.6. The molecule has 0 aromatic rings. The van der Waals surface area contributed by atoms with Crippen molar-refractivity contribution in [3.05, 3.63) is 0 Å². The molecule has 3 rings (SSSR count). The highest BCUT2D eigenvalue weighted by Crippen LogP contribution is 2.27. The first kappa shape index (κ1) is 14.3. The number of rotatable bonds is 4. The van der Waals surface area contributed by atoms with Gasteiger partial charge in [0.25, 0.3) is 0 Å². The number of nitrogens with zero attached hydrogens (tertiary/aromatic N) is 1. The lowest BCUT2D eigenvalue weighted by molar-refractivity contribution is -0.129. The second kappa shape index (κ2) is 6.87. The van der Waals surface area contributed by atoms with Crippen LogP contribution >= 0.6 is 0 Å². The van der Waals surface area contributed by atoms with Crippen molar-refractivity contribution >= 4 is 5.91 Å². The zero-order valence-electron chi connectivity index (χ0n) is 12.3. The summed E-state index contributed by atoms with van der Waals surface area (Å²) in [5.74, 6) is 0.0703. The number of hydrogen-bond acceptors (Lipinski definition) is 4. The van der Waals surface area contributed by atoms with Gasteiger partial charge in [-0.15, -0.1) is 0 Å². The lowest BCUT2D eigenvalue weighted by Gasteiger charge is -2.32. The maximum Gasteiger partial charge on any atom is 0.246 e. The highest BCUT2D eigenvalue weighted by molar-refractivity contribution is 5.77. The Morgan fingerprint density at radius 2 is 2.00 bits per heavy atom. The standard InChI is InChI=1S/C15H27N3O2/c19-15(11-20-12-4-7-16-8-5-12)17-13-6-10-18-9-2-1-3-14(13)18/h12-14,16H,1-11H2,(H,17,19). The molecule has 3 heterocycles. The van der Waals surface area contributed by atoms with E-state index in [0.29, 0.717) is 12.1 Å². The van der Waals surface area contributed by atoms with Crippen molar-refractivity contribution in [2.24, 2.45) is 0 Å². The summed E-state index contributed by atoms with van der Waals surface area (Å²) in [5, 5.41) is 6.50. The number of ether oxygens (including phenoxy) is 1. The van der Waals surface area contributed by atoms with E-state index in [4.69, 9.17) is 4.74 Å². The smallest absolute Gasteiger partial charge is 0.246 e. The van der Waals surface area contributed by atoms with E-state index in [-0.39, 0.29) is 18.6 Å². The van der Waals surface area contributed by atoms with Crippen LogP contribution in [0.1, 0.15) is 38.5 Å². The quantitative estimate of drug-likeness (QED) is 0.788. The molecule has 2 atom stereocenters. The molecule has 20 heavy (non-hydrogen) atoms. The molecule has 5 heteroatoms. The lowest BCUT2D eigenvalue weighted by atomic mass is 9.99. The van der Waals surface area contributed by atoms with E-state index in [1.807, 2.05) is 0 Å². The molecule has 2 N–H and O–H groups in total. The Morgan fingerprint density at radius 3 is 2.85 bits per heavy atom. The number of carbonyl (C=O) groups is 1. The van der Waals surface area contributed by atoms with Gasteiger partial charge in [-0.25, -0.2) is 0 Å². The summed E-state index contributed by atoms with van der Waals surface area (Å²) < 4.78 is 5.73. The van der Waals surface area contributed by atoms with Crippen LogP contribution in [0, 0.1) is 0 Å². The first-order valence-corrected chi connectivity index (χ1v) is 8.18. The zero-order chi connectivity index (χ0) is 13.8. The second-order valence-electron chi connectivity index (χ2n) is 6.32. The molecule has 0 aromatic heterocycles. The van der Waals surface area contributed by atoms with Crippen molar-refractivity contribution in [3.8, 4) is 0 Å².